The Morgan fingerprint density at radius 1 is 1.09 bits per heavy atom. The number of carbonyl (C=O) groups excluding carboxylic acids is 2. The van der Waals surface area contributed by atoms with Gasteiger partial charge in [0.05, 0.1) is 11.7 Å². The number of piperidine rings is 1. The molecule has 6 heteroatoms. The van der Waals surface area contributed by atoms with Crippen LogP contribution in [0.1, 0.15) is 81.9 Å². The number of carbonyl (C=O) groups is 2. The maximum absolute atomic E-state index is 13.3. The maximum atomic E-state index is 13.3. The number of primary amides is 1. The topological polar surface area (TPSA) is 88.3 Å². The van der Waals surface area contributed by atoms with E-state index >= 15 is 0 Å². The molecule has 3 N–H and O–H groups in total. The fraction of sp³-hybridized carbons (Fsp3) is 0.519. The summed E-state index contributed by atoms with van der Waals surface area (Å²) >= 11 is 0. The summed E-state index contributed by atoms with van der Waals surface area (Å²) in [5.41, 5.74) is 8.74. The molecule has 1 atom stereocenters. The van der Waals surface area contributed by atoms with Crippen molar-refractivity contribution in [3.05, 3.63) is 53.9 Å². The van der Waals surface area contributed by atoms with Crippen LogP contribution < -0.4 is 11.1 Å². The molecule has 0 aliphatic carbocycles. The molecule has 1 aromatic carbocycles. The Bertz CT molecular complexity index is 1010. The molecule has 6 nitrogen and oxygen atoms in total. The maximum Gasteiger partial charge on any atom is 0.248 e. The largest absolute Gasteiger partial charge is 0.366 e. The van der Waals surface area contributed by atoms with E-state index in [4.69, 9.17) is 10.7 Å². The van der Waals surface area contributed by atoms with Crippen molar-refractivity contribution < 1.29 is 9.59 Å². The molecule has 33 heavy (non-hydrogen) atoms. The zero-order valence-corrected chi connectivity index (χ0v) is 20.2. The SMILES string of the molecule is CC1(C)CC(CC(=O)N2CCC[C@@H]2c2ccc(-c3cccc(C(N)=O)c3)cn2)CC(C)(C)N1. The highest BCUT2D eigenvalue weighted by atomic mass is 16.2. The summed E-state index contributed by atoms with van der Waals surface area (Å²) in [5, 5.41) is 3.71. The van der Waals surface area contributed by atoms with Gasteiger partial charge in [-0.2, -0.15) is 0 Å². The van der Waals surface area contributed by atoms with E-state index in [1.165, 1.54) is 0 Å². The molecule has 2 aliphatic rings. The number of rotatable bonds is 5. The minimum atomic E-state index is -0.443. The lowest BCUT2D eigenvalue weighted by molar-refractivity contribution is -0.133. The lowest BCUT2D eigenvalue weighted by Crippen LogP contribution is -2.58. The third kappa shape index (κ3) is 5.44. The van der Waals surface area contributed by atoms with Crippen LogP contribution in [0.5, 0.6) is 0 Å². The Morgan fingerprint density at radius 2 is 1.82 bits per heavy atom. The van der Waals surface area contributed by atoms with Crippen LogP contribution in [0.3, 0.4) is 0 Å². The number of nitrogens with zero attached hydrogens (tertiary/aromatic N) is 2. The first-order valence-electron chi connectivity index (χ1n) is 12.0. The fourth-order valence-electron chi connectivity index (χ4n) is 6.04. The molecule has 0 radical (unpaired) electrons. The fourth-order valence-corrected chi connectivity index (χ4v) is 6.04. The molecular formula is C27H36N4O2. The number of nitrogens with one attached hydrogen (secondary N) is 1. The lowest BCUT2D eigenvalue weighted by Gasteiger charge is -2.46. The molecule has 2 saturated heterocycles. The molecule has 2 aliphatic heterocycles. The molecule has 2 amide bonds. The van der Waals surface area contributed by atoms with Gasteiger partial charge in [-0.15, -0.1) is 0 Å². The van der Waals surface area contributed by atoms with E-state index < -0.39 is 5.91 Å². The van der Waals surface area contributed by atoms with E-state index in [9.17, 15) is 9.59 Å². The van der Waals surface area contributed by atoms with Crippen molar-refractivity contribution in [3.8, 4) is 11.1 Å². The Labute approximate surface area is 197 Å². The van der Waals surface area contributed by atoms with Crippen molar-refractivity contribution in [2.75, 3.05) is 6.54 Å². The zero-order chi connectivity index (χ0) is 23.8. The minimum absolute atomic E-state index is 0.0336. The second-order valence-electron chi connectivity index (χ2n) is 11.0. The molecule has 0 bridgehead atoms. The smallest absolute Gasteiger partial charge is 0.248 e. The summed E-state index contributed by atoms with van der Waals surface area (Å²) in [4.78, 5) is 31.6. The van der Waals surface area contributed by atoms with Crippen molar-refractivity contribution in [1.29, 1.82) is 0 Å². The monoisotopic (exact) mass is 448 g/mol. The average molecular weight is 449 g/mol. The summed E-state index contributed by atoms with van der Waals surface area (Å²) in [6.45, 7) is 9.72. The van der Waals surface area contributed by atoms with Crippen LogP contribution in [0.2, 0.25) is 0 Å². The molecule has 4 rings (SSSR count). The first-order valence-corrected chi connectivity index (χ1v) is 12.0. The van der Waals surface area contributed by atoms with Crippen molar-refractivity contribution in [3.63, 3.8) is 0 Å². The normalized spacial score (nSPS) is 22.3. The van der Waals surface area contributed by atoms with E-state index in [-0.39, 0.29) is 23.0 Å². The molecule has 176 valence electrons. The van der Waals surface area contributed by atoms with E-state index in [0.717, 1.165) is 49.0 Å². The zero-order valence-electron chi connectivity index (χ0n) is 20.2. The van der Waals surface area contributed by atoms with Crippen LogP contribution in [0.4, 0.5) is 0 Å². The summed E-state index contributed by atoms with van der Waals surface area (Å²) in [6, 6.07) is 11.3. The summed E-state index contributed by atoms with van der Waals surface area (Å²) in [7, 11) is 0. The molecule has 2 fully saturated rings. The number of amides is 2. The van der Waals surface area contributed by atoms with Gasteiger partial charge in [0.1, 0.15) is 0 Å². The standard InChI is InChI=1S/C27H36N4O2/c1-26(2)15-18(16-27(3,4)30-26)13-24(32)31-12-6-9-23(31)22-11-10-21(17-29-22)19-7-5-8-20(14-19)25(28)33/h5,7-8,10-11,14,17-18,23,30H,6,9,12-13,15-16H2,1-4H3,(H2,28,33)/t23-/m1/s1. The van der Waals surface area contributed by atoms with Gasteiger partial charge in [-0.05, 0) is 83.1 Å². The van der Waals surface area contributed by atoms with E-state index in [2.05, 4.69) is 33.0 Å². The van der Waals surface area contributed by atoms with E-state index in [1.807, 2.05) is 35.4 Å². The Kier molecular flexibility index (Phi) is 6.32. The number of hydrogen-bond donors (Lipinski definition) is 2. The van der Waals surface area contributed by atoms with Crippen LogP contribution in [0.25, 0.3) is 11.1 Å². The van der Waals surface area contributed by atoms with E-state index in [1.54, 1.807) is 12.1 Å². The molecule has 3 heterocycles. The first kappa shape index (κ1) is 23.4. The number of likely N-dealkylation sites (tertiary alicyclic amines) is 1. The third-order valence-electron chi connectivity index (χ3n) is 6.92. The van der Waals surface area contributed by atoms with Crippen LogP contribution in [-0.4, -0.2) is 39.3 Å². The van der Waals surface area contributed by atoms with Crippen LogP contribution in [0.15, 0.2) is 42.6 Å². The number of aromatic nitrogens is 1. The van der Waals surface area contributed by atoms with Crippen molar-refractivity contribution in [1.82, 2.24) is 15.2 Å². The highest BCUT2D eigenvalue weighted by Gasteiger charge is 2.40. The van der Waals surface area contributed by atoms with Gasteiger partial charge in [-0.3, -0.25) is 14.6 Å². The second kappa shape index (κ2) is 8.90. The number of pyridine rings is 1. The van der Waals surface area contributed by atoms with Crippen molar-refractivity contribution >= 4 is 11.8 Å². The van der Waals surface area contributed by atoms with Crippen molar-refractivity contribution in [2.45, 2.75) is 76.9 Å². The van der Waals surface area contributed by atoms with Crippen LogP contribution in [-0.2, 0) is 4.79 Å². The van der Waals surface area contributed by atoms with Crippen molar-refractivity contribution in [2.24, 2.45) is 11.7 Å². The Balaban J connectivity index is 1.46. The average Bonchev–Trinajstić information content (AvgIpc) is 3.22. The first-order chi connectivity index (χ1) is 15.5. The van der Waals surface area contributed by atoms with Gasteiger partial charge in [0.15, 0.2) is 0 Å². The number of nitrogens with two attached hydrogens (primary N) is 1. The molecule has 1 aromatic heterocycles. The number of hydrogen-bond acceptors (Lipinski definition) is 4. The Hall–Kier alpha value is -2.73. The molecule has 0 spiro atoms. The van der Waals surface area contributed by atoms with Gasteiger partial charge in [0.2, 0.25) is 11.8 Å². The van der Waals surface area contributed by atoms with Crippen LogP contribution in [0, 0.1) is 5.92 Å². The van der Waals surface area contributed by atoms with Gasteiger partial charge in [-0.25, -0.2) is 0 Å². The second-order valence-corrected chi connectivity index (χ2v) is 11.0. The highest BCUT2D eigenvalue weighted by molar-refractivity contribution is 5.94. The van der Waals surface area contributed by atoms with Gasteiger partial charge in [-0.1, -0.05) is 18.2 Å². The molecule has 0 saturated carbocycles. The summed E-state index contributed by atoms with van der Waals surface area (Å²) in [5.74, 6) is 0.191. The molecule has 0 unspecified atom stereocenters. The predicted molar refractivity (Wildman–Crippen MR) is 131 cm³/mol. The highest BCUT2D eigenvalue weighted by Crippen LogP contribution is 2.37. The molecule has 2 aromatic rings. The minimum Gasteiger partial charge on any atom is -0.366 e. The Morgan fingerprint density at radius 3 is 2.45 bits per heavy atom. The summed E-state index contributed by atoms with van der Waals surface area (Å²) in [6.07, 6.45) is 6.40. The summed E-state index contributed by atoms with van der Waals surface area (Å²) < 4.78 is 0. The van der Waals surface area contributed by atoms with E-state index in [0.29, 0.717) is 17.9 Å². The van der Waals surface area contributed by atoms with Gasteiger partial charge in [0, 0.05) is 41.4 Å². The third-order valence-corrected chi connectivity index (χ3v) is 6.92. The predicted octanol–water partition coefficient (Wildman–Crippen LogP) is 4.46. The quantitative estimate of drug-likeness (QED) is 0.707. The number of benzene rings is 1. The van der Waals surface area contributed by atoms with Gasteiger partial charge in [0.25, 0.3) is 0 Å². The van der Waals surface area contributed by atoms with Gasteiger partial charge >= 0.3 is 0 Å². The van der Waals surface area contributed by atoms with Gasteiger partial charge < -0.3 is 16.0 Å². The van der Waals surface area contributed by atoms with Crippen LogP contribution >= 0.6 is 0 Å². The lowest BCUT2D eigenvalue weighted by atomic mass is 9.74. The molecular weight excluding hydrogens is 412 g/mol.